The Balaban J connectivity index is 2.99. The lowest BCUT2D eigenvalue weighted by Gasteiger charge is -2.09. The second-order valence-electron chi connectivity index (χ2n) is 3.12. The Morgan fingerprint density at radius 2 is 2.00 bits per heavy atom. The van der Waals surface area contributed by atoms with Gasteiger partial charge >= 0.3 is 6.18 Å². The molecule has 0 unspecified atom stereocenters. The molecule has 1 aromatic carbocycles. The SMILES string of the molecule is FC(F)(F)c1cc(C=CCCBr)ccc1Cl. The lowest BCUT2D eigenvalue weighted by molar-refractivity contribution is -0.137. The number of benzene rings is 1. The molecule has 0 fully saturated rings. The predicted molar refractivity (Wildman–Crippen MR) is 63.9 cm³/mol. The summed E-state index contributed by atoms with van der Waals surface area (Å²) in [6.07, 6.45) is -0.189. The van der Waals surface area contributed by atoms with Crippen molar-refractivity contribution >= 4 is 33.6 Å². The van der Waals surface area contributed by atoms with Crippen molar-refractivity contribution in [3.8, 4) is 0 Å². The summed E-state index contributed by atoms with van der Waals surface area (Å²) < 4.78 is 37.5. The molecule has 0 saturated carbocycles. The summed E-state index contributed by atoms with van der Waals surface area (Å²) in [5.74, 6) is 0. The molecule has 0 aliphatic heterocycles. The first-order valence-electron chi connectivity index (χ1n) is 4.54. The Labute approximate surface area is 105 Å². The first kappa shape index (κ1) is 13.6. The Bertz CT molecular complexity index is 385. The van der Waals surface area contributed by atoms with Crippen LogP contribution in [0, 0.1) is 0 Å². The molecule has 0 bridgehead atoms. The molecule has 0 radical (unpaired) electrons. The van der Waals surface area contributed by atoms with Gasteiger partial charge in [0.25, 0.3) is 0 Å². The van der Waals surface area contributed by atoms with E-state index >= 15 is 0 Å². The van der Waals surface area contributed by atoms with Gasteiger partial charge in [0, 0.05) is 5.33 Å². The smallest absolute Gasteiger partial charge is 0.166 e. The van der Waals surface area contributed by atoms with E-state index in [4.69, 9.17) is 11.6 Å². The summed E-state index contributed by atoms with van der Waals surface area (Å²) in [6.45, 7) is 0. The number of rotatable bonds is 3. The highest BCUT2D eigenvalue weighted by atomic mass is 79.9. The van der Waals surface area contributed by atoms with Gasteiger partial charge in [0.1, 0.15) is 0 Å². The van der Waals surface area contributed by atoms with Gasteiger partial charge in [0.15, 0.2) is 0 Å². The van der Waals surface area contributed by atoms with Gasteiger partial charge in [-0.25, -0.2) is 0 Å². The van der Waals surface area contributed by atoms with E-state index in [1.807, 2.05) is 0 Å². The molecule has 5 heteroatoms. The molecule has 0 spiro atoms. The summed E-state index contributed by atoms with van der Waals surface area (Å²) >= 11 is 8.72. The molecular weight excluding hydrogens is 304 g/mol. The van der Waals surface area contributed by atoms with Crippen molar-refractivity contribution in [2.24, 2.45) is 0 Å². The highest BCUT2D eigenvalue weighted by molar-refractivity contribution is 9.09. The molecule has 0 aliphatic carbocycles. The third-order valence-corrected chi connectivity index (χ3v) is 2.67. The van der Waals surface area contributed by atoms with Gasteiger partial charge in [-0.05, 0) is 24.1 Å². The van der Waals surface area contributed by atoms with Gasteiger partial charge in [-0.15, -0.1) is 0 Å². The maximum absolute atomic E-state index is 12.5. The first-order valence-corrected chi connectivity index (χ1v) is 6.04. The zero-order valence-corrected chi connectivity index (χ0v) is 10.5. The van der Waals surface area contributed by atoms with Gasteiger partial charge < -0.3 is 0 Å². The van der Waals surface area contributed by atoms with E-state index < -0.39 is 11.7 Å². The first-order chi connectivity index (χ1) is 7.45. The average Bonchev–Trinajstić information content (AvgIpc) is 2.19. The van der Waals surface area contributed by atoms with E-state index in [9.17, 15) is 13.2 Å². The van der Waals surface area contributed by atoms with Crippen molar-refractivity contribution in [1.82, 2.24) is 0 Å². The van der Waals surface area contributed by atoms with E-state index in [1.165, 1.54) is 6.07 Å². The minimum absolute atomic E-state index is 0.273. The topological polar surface area (TPSA) is 0 Å². The molecule has 1 aromatic rings. The zero-order valence-electron chi connectivity index (χ0n) is 8.19. The van der Waals surface area contributed by atoms with Crippen LogP contribution in [0.2, 0.25) is 5.02 Å². The van der Waals surface area contributed by atoms with Crippen molar-refractivity contribution in [2.75, 3.05) is 5.33 Å². The Kier molecular flexibility index (Phi) is 4.87. The fourth-order valence-electron chi connectivity index (χ4n) is 1.15. The van der Waals surface area contributed by atoms with Crippen molar-refractivity contribution < 1.29 is 13.2 Å². The van der Waals surface area contributed by atoms with E-state index in [0.717, 1.165) is 17.8 Å². The fraction of sp³-hybridized carbons (Fsp3) is 0.273. The molecule has 0 saturated heterocycles. The summed E-state index contributed by atoms with van der Waals surface area (Å²) in [6, 6.07) is 3.87. The molecule has 0 atom stereocenters. The number of allylic oxidation sites excluding steroid dienone is 1. The van der Waals surface area contributed by atoms with Crippen LogP contribution in [0.25, 0.3) is 6.08 Å². The zero-order chi connectivity index (χ0) is 12.2. The highest BCUT2D eigenvalue weighted by Gasteiger charge is 2.33. The Morgan fingerprint density at radius 3 is 2.56 bits per heavy atom. The van der Waals surface area contributed by atoms with Crippen molar-refractivity contribution in [3.63, 3.8) is 0 Å². The van der Waals surface area contributed by atoms with Gasteiger partial charge in [0.2, 0.25) is 0 Å². The minimum Gasteiger partial charge on any atom is -0.166 e. The number of hydrogen-bond acceptors (Lipinski definition) is 0. The van der Waals surface area contributed by atoms with E-state index in [2.05, 4.69) is 15.9 Å². The van der Waals surface area contributed by atoms with Crippen LogP contribution in [-0.2, 0) is 6.18 Å². The lowest BCUT2D eigenvalue weighted by Crippen LogP contribution is -2.05. The van der Waals surface area contributed by atoms with Crippen LogP contribution >= 0.6 is 27.5 Å². The quantitative estimate of drug-likeness (QED) is 0.676. The summed E-state index contributed by atoms with van der Waals surface area (Å²) in [5.41, 5.74) is -0.298. The van der Waals surface area contributed by atoms with Crippen LogP contribution in [0.15, 0.2) is 24.3 Å². The minimum atomic E-state index is -4.41. The Morgan fingerprint density at radius 1 is 1.31 bits per heavy atom. The molecule has 16 heavy (non-hydrogen) atoms. The lowest BCUT2D eigenvalue weighted by atomic mass is 10.1. The van der Waals surface area contributed by atoms with Crippen LogP contribution in [0.3, 0.4) is 0 Å². The molecule has 88 valence electrons. The standard InChI is InChI=1S/C11H9BrClF3/c12-6-2-1-3-8-4-5-10(13)9(7-8)11(14,15)16/h1,3-5,7H,2,6H2. The number of hydrogen-bond donors (Lipinski definition) is 0. The van der Waals surface area contributed by atoms with Crippen LogP contribution in [-0.4, -0.2) is 5.33 Å². The normalized spacial score (nSPS) is 12.3. The van der Waals surface area contributed by atoms with Gasteiger partial charge in [-0.2, -0.15) is 13.2 Å². The van der Waals surface area contributed by atoms with Crippen molar-refractivity contribution in [3.05, 3.63) is 40.4 Å². The third-order valence-electron chi connectivity index (χ3n) is 1.88. The maximum atomic E-state index is 12.5. The van der Waals surface area contributed by atoms with Gasteiger partial charge in [-0.1, -0.05) is 45.7 Å². The van der Waals surface area contributed by atoms with Crippen LogP contribution in [0.1, 0.15) is 17.5 Å². The molecule has 1 rings (SSSR count). The second kappa shape index (κ2) is 5.73. The van der Waals surface area contributed by atoms with E-state index in [-0.39, 0.29) is 5.02 Å². The largest absolute Gasteiger partial charge is 0.417 e. The molecular formula is C11H9BrClF3. The summed E-state index contributed by atoms with van der Waals surface area (Å²) in [7, 11) is 0. The molecule has 0 aromatic heterocycles. The fourth-order valence-corrected chi connectivity index (χ4v) is 1.64. The Hall–Kier alpha value is -0.480. The summed E-state index contributed by atoms with van der Waals surface area (Å²) in [5, 5.41) is 0.508. The number of halogens is 5. The summed E-state index contributed by atoms with van der Waals surface area (Å²) in [4.78, 5) is 0. The molecule has 0 N–H and O–H groups in total. The molecule has 0 aliphatic rings. The van der Waals surface area contributed by atoms with Crippen LogP contribution < -0.4 is 0 Å². The van der Waals surface area contributed by atoms with Gasteiger partial charge in [0.05, 0.1) is 10.6 Å². The maximum Gasteiger partial charge on any atom is 0.417 e. The second-order valence-corrected chi connectivity index (χ2v) is 4.32. The monoisotopic (exact) mass is 312 g/mol. The number of alkyl halides is 4. The highest BCUT2D eigenvalue weighted by Crippen LogP contribution is 2.35. The van der Waals surface area contributed by atoms with Crippen molar-refractivity contribution in [2.45, 2.75) is 12.6 Å². The predicted octanol–water partition coefficient (Wildman–Crippen LogP) is 5.16. The average molecular weight is 314 g/mol. The van der Waals surface area contributed by atoms with E-state index in [1.54, 1.807) is 18.2 Å². The van der Waals surface area contributed by atoms with Crippen molar-refractivity contribution in [1.29, 1.82) is 0 Å². The third kappa shape index (κ3) is 3.83. The molecule has 0 heterocycles. The van der Waals surface area contributed by atoms with E-state index in [0.29, 0.717) is 5.56 Å². The van der Waals surface area contributed by atoms with Gasteiger partial charge in [-0.3, -0.25) is 0 Å². The molecule has 0 amide bonds. The molecule has 0 nitrogen and oxygen atoms in total. The van der Waals surface area contributed by atoms with Crippen LogP contribution in [0.4, 0.5) is 13.2 Å². The van der Waals surface area contributed by atoms with Crippen LogP contribution in [0.5, 0.6) is 0 Å².